The molecular weight excluding hydrogens is 424 g/mol. The lowest BCUT2D eigenvalue weighted by Gasteiger charge is -2.24. The van der Waals surface area contributed by atoms with Crippen molar-refractivity contribution in [3.63, 3.8) is 0 Å². The fraction of sp³-hybridized carbons (Fsp3) is 0.240. The Kier molecular flexibility index (Phi) is 7.53. The molecule has 0 radical (unpaired) electrons. The van der Waals surface area contributed by atoms with Crippen molar-refractivity contribution in [3.8, 4) is 5.75 Å². The summed E-state index contributed by atoms with van der Waals surface area (Å²) in [5, 5.41) is 2.81. The van der Waals surface area contributed by atoms with Crippen LogP contribution in [0.2, 0.25) is 0 Å². The van der Waals surface area contributed by atoms with Crippen LogP contribution in [0.25, 0.3) is 0 Å². The predicted molar refractivity (Wildman–Crippen MR) is 126 cm³/mol. The van der Waals surface area contributed by atoms with Gasteiger partial charge >= 0.3 is 0 Å². The van der Waals surface area contributed by atoms with Gasteiger partial charge in [-0.05, 0) is 62.7 Å². The zero-order valence-electron chi connectivity index (χ0n) is 18.5. The first-order valence-corrected chi connectivity index (χ1v) is 11.9. The minimum Gasteiger partial charge on any atom is -0.494 e. The van der Waals surface area contributed by atoms with Crippen molar-refractivity contribution in [2.45, 2.75) is 32.2 Å². The fourth-order valence-electron chi connectivity index (χ4n) is 3.12. The highest BCUT2D eigenvalue weighted by Gasteiger charge is 2.27. The van der Waals surface area contributed by atoms with Crippen LogP contribution in [0.15, 0.2) is 77.7 Å². The number of rotatable bonds is 9. The van der Waals surface area contributed by atoms with Crippen LogP contribution < -0.4 is 14.4 Å². The zero-order valence-corrected chi connectivity index (χ0v) is 19.4. The van der Waals surface area contributed by atoms with Gasteiger partial charge in [0.15, 0.2) is 0 Å². The molecule has 1 amide bonds. The lowest BCUT2D eigenvalue weighted by molar-refractivity contribution is -0.119. The first-order chi connectivity index (χ1) is 15.3. The van der Waals surface area contributed by atoms with Crippen LogP contribution in [0.1, 0.15) is 23.6 Å². The van der Waals surface area contributed by atoms with E-state index < -0.39 is 15.9 Å². The molecule has 0 heterocycles. The highest BCUT2D eigenvalue weighted by Crippen LogP contribution is 2.24. The summed E-state index contributed by atoms with van der Waals surface area (Å²) in [7, 11) is -3.92. The first-order valence-electron chi connectivity index (χ1n) is 10.4. The molecule has 0 bridgehead atoms. The molecule has 168 valence electrons. The van der Waals surface area contributed by atoms with Gasteiger partial charge in [-0.25, -0.2) is 8.42 Å². The number of hydrogen-bond acceptors (Lipinski definition) is 4. The Bertz CT molecular complexity index is 1140. The molecule has 1 N–H and O–H groups in total. The Labute approximate surface area is 189 Å². The monoisotopic (exact) mass is 452 g/mol. The van der Waals surface area contributed by atoms with E-state index in [1.54, 1.807) is 36.4 Å². The molecule has 0 spiro atoms. The van der Waals surface area contributed by atoms with Crippen molar-refractivity contribution >= 4 is 21.6 Å². The van der Waals surface area contributed by atoms with Crippen LogP contribution in [0.4, 0.5) is 5.69 Å². The van der Waals surface area contributed by atoms with E-state index >= 15 is 0 Å². The number of anilines is 1. The average molecular weight is 453 g/mol. The molecule has 3 aromatic rings. The number of amides is 1. The molecule has 3 aromatic carbocycles. The summed E-state index contributed by atoms with van der Waals surface area (Å²) in [6, 6.07) is 21.1. The molecule has 0 fully saturated rings. The highest BCUT2D eigenvalue weighted by atomic mass is 32.2. The Morgan fingerprint density at radius 1 is 0.875 bits per heavy atom. The second-order valence-corrected chi connectivity index (χ2v) is 9.38. The minimum absolute atomic E-state index is 0.142. The lowest BCUT2D eigenvalue weighted by atomic mass is 10.2. The number of aryl methyl sites for hydroxylation is 2. The molecule has 0 aromatic heterocycles. The zero-order chi connectivity index (χ0) is 23.1. The summed E-state index contributed by atoms with van der Waals surface area (Å²) in [6.45, 7) is 6.28. The molecule has 0 atom stereocenters. The van der Waals surface area contributed by atoms with E-state index in [1.165, 1.54) is 0 Å². The van der Waals surface area contributed by atoms with Crippen molar-refractivity contribution in [1.82, 2.24) is 5.32 Å². The van der Waals surface area contributed by atoms with Crippen LogP contribution in [0.5, 0.6) is 5.75 Å². The van der Waals surface area contributed by atoms with E-state index in [9.17, 15) is 13.2 Å². The van der Waals surface area contributed by atoms with Crippen LogP contribution >= 0.6 is 0 Å². The Balaban J connectivity index is 1.78. The third kappa shape index (κ3) is 5.88. The van der Waals surface area contributed by atoms with E-state index in [0.717, 1.165) is 26.7 Å². The number of hydrogen-bond donors (Lipinski definition) is 1. The maximum Gasteiger partial charge on any atom is 0.264 e. The molecule has 32 heavy (non-hydrogen) atoms. The van der Waals surface area contributed by atoms with Gasteiger partial charge in [0.1, 0.15) is 12.3 Å². The molecule has 3 rings (SSSR count). The normalized spacial score (nSPS) is 11.1. The summed E-state index contributed by atoms with van der Waals surface area (Å²) >= 11 is 0. The van der Waals surface area contributed by atoms with E-state index in [4.69, 9.17) is 4.74 Å². The second-order valence-electron chi connectivity index (χ2n) is 7.51. The van der Waals surface area contributed by atoms with E-state index in [-0.39, 0.29) is 18.0 Å². The number of nitrogens with zero attached hydrogens (tertiary/aromatic N) is 1. The molecule has 0 aliphatic rings. The van der Waals surface area contributed by atoms with Crippen LogP contribution in [0, 0.1) is 13.8 Å². The van der Waals surface area contributed by atoms with Gasteiger partial charge < -0.3 is 10.1 Å². The van der Waals surface area contributed by atoms with E-state index in [2.05, 4.69) is 5.32 Å². The molecular formula is C25H28N2O4S. The Hall–Kier alpha value is -3.32. The number of sulfonamides is 1. The first kappa shape index (κ1) is 23.3. The van der Waals surface area contributed by atoms with Crippen molar-refractivity contribution in [3.05, 3.63) is 89.5 Å². The SMILES string of the molecule is CCOc1ccc(CNC(=O)CN(c2ccc(C)cc2)S(=O)(=O)c2ccc(C)cc2)cc1. The van der Waals surface area contributed by atoms with Gasteiger partial charge in [-0.2, -0.15) is 0 Å². The number of carbonyl (C=O) groups is 1. The number of ether oxygens (including phenoxy) is 1. The molecule has 0 saturated carbocycles. The van der Waals surface area contributed by atoms with Crippen LogP contribution in [-0.4, -0.2) is 27.5 Å². The van der Waals surface area contributed by atoms with Crippen molar-refractivity contribution in [2.24, 2.45) is 0 Å². The molecule has 0 aliphatic carbocycles. The Morgan fingerprint density at radius 3 is 2.00 bits per heavy atom. The van der Waals surface area contributed by atoms with E-state index in [0.29, 0.717) is 12.3 Å². The highest BCUT2D eigenvalue weighted by molar-refractivity contribution is 7.92. The van der Waals surface area contributed by atoms with Crippen molar-refractivity contribution in [2.75, 3.05) is 17.5 Å². The van der Waals surface area contributed by atoms with Gasteiger partial charge in [0, 0.05) is 6.54 Å². The molecule has 0 saturated heterocycles. The fourth-order valence-corrected chi connectivity index (χ4v) is 4.54. The van der Waals surface area contributed by atoms with Gasteiger partial charge in [-0.15, -0.1) is 0 Å². The topological polar surface area (TPSA) is 75.7 Å². The van der Waals surface area contributed by atoms with Gasteiger partial charge in [-0.1, -0.05) is 47.5 Å². The summed E-state index contributed by atoms with van der Waals surface area (Å²) in [5.41, 5.74) is 3.29. The Morgan fingerprint density at radius 2 is 1.44 bits per heavy atom. The summed E-state index contributed by atoms with van der Waals surface area (Å²) in [6.07, 6.45) is 0. The number of carbonyl (C=O) groups excluding carboxylic acids is 1. The van der Waals surface area contributed by atoms with Gasteiger partial charge in [0.05, 0.1) is 17.2 Å². The molecule has 7 heteroatoms. The predicted octanol–water partition coefficient (Wildman–Crippen LogP) is 4.21. The quantitative estimate of drug-likeness (QED) is 0.528. The third-order valence-corrected chi connectivity index (χ3v) is 6.73. The van der Waals surface area contributed by atoms with Gasteiger partial charge in [0.2, 0.25) is 5.91 Å². The van der Waals surface area contributed by atoms with Crippen molar-refractivity contribution < 1.29 is 17.9 Å². The summed E-state index contributed by atoms with van der Waals surface area (Å²) in [4.78, 5) is 12.9. The second kappa shape index (κ2) is 10.3. The third-order valence-electron chi connectivity index (χ3n) is 4.94. The van der Waals surface area contributed by atoms with Crippen LogP contribution in [0.3, 0.4) is 0 Å². The smallest absolute Gasteiger partial charge is 0.264 e. The number of benzene rings is 3. The molecule has 0 aliphatic heterocycles. The minimum atomic E-state index is -3.92. The van der Waals surface area contributed by atoms with Crippen molar-refractivity contribution in [1.29, 1.82) is 0 Å². The lowest BCUT2D eigenvalue weighted by Crippen LogP contribution is -2.40. The maximum atomic E-state index is 13.4. The van der Waals surface area contributed by atoms with Crippen LogP contribution in [-0.2, 0) is 21.4 Å². The van der Waals surface area contributed by atoms with Gasteiger partial charge in [0.25, 0.3) is 10.0 Å². The number of nitrogens with one attached hydrogen (secondary N) is 1. The maximum absolute atomic E-state index is 13.4. The standard InChI is InChI=1S/C25H28N2O4S/c1-4-31-23-13-9-21(10-14-23)17-26-25(28)18-27(22-11-5-19(2)6-12-22)32(29,30)24-15-7-20(3)8-16-24/h5-16H,4,17-18H2,1-3H3,(H,26,28). The largest absolute Gasteiger partial charge is 0.494 e. The summed E-state index contributed by atoms with van der Waals surface area (Å²) < 4.78 is 33.3. The van der Waals surface area contributed by atoms with E-state index in [1.807, 2.05) is 57.2 Å². The molecule has 6 nitrogen and oxygen atoms in total. The average Bonchev–Trinajstić information content (AvgIpc) is 2.78. The summed E-state index contributed by atoms with van der Waals surface area (Å²) in [5.74, 6) is 0.368. The van der Waals surface area contributed by atoms with Gasteiger partial charge in [-0.3, -0.25) is 9.10 Å². The molecule has 0 unspecified atom stereocenters.